The van der Waals surface area contributed by atoms with Crippen LogP contribution in [0.25, 0.3) is 0 Å². The van der Waals surface area contributed by atoms with E-state index in [2.05, 4.69) is 30.0 Å². The molecule has 0 saturated heterocycles. The molecule has 0 radical (unpaired) electrons. The molecular weight excluding hydrogens is 288 g/mol. The topological polar surface area (TPSA) is 35.9 Å². The Bertz CT molecular complexity index is 514. The van der Waals surface area contributed by atoms with Gasteiger partial charge in [-0.05, 0) is 44.0 Å². The monoisotopic (exact) mass is 318 g/mol. The number of fused-ring (bicyclic) bond motifs is 1. The van der Waals surface area contributed by atoms with Crippen molar-refractivity contribution in [3.63, 3.8) is 0 Å². The van der Waals surface area contributed by atoms with Crippen LogP contribution in [0.4, 0.5) is 5.69 Å². The Morgan fingerprint density at radius 3 is 2.87 bits per heavy atom. The minimum absolute atomic E-state index is 0.415. The molecule has 23 heavy (non-hydrogen) atoms. The molecule has 2 aliphatic rings. The third-order valence-electron chi connectivity index (χ3n) is 5.42. The zero-order valence-corrected chi connectivity index (χ0v) is 14.5. The molecule has 1 unspecified atom stereocenters. The van der Waals surface area contributed by atoms with E-state index in [1.807, 2.05) is 12.1 Å². The fourth-order valence-electron chi connectivity index (χ4n) is 3.78. The normalized spacial score (nSPS) is 20.3. The minimum Gasteiger partial charge on any atom is -0.490 e. The zero-order chi connectivity index (χ0) is 16.2. The van der Waals surface area contributed by atoms with Crippen LogP contribution in [0.2, 0.25) is 0 Å². The van der Waals surface area contributed by atoms with Gasteiger partial charge >= 0.3 is 0 Å². The van der Waals surface area contributed by atoms with E-state index in [1.54, 1.807) is 0 Å². The van der Waals surface area contributed by atoms with Crippen LogP contribution < -0.4 is 9.64 Å². The fourth-order valence-corrected chi connectivity index (χ4v) is 3.78. The van der Waals surface area contributed by atoms with E-state index in [9.17, 15) is 5.11 Å². The fraction of sp³-hybridized carbons (Fsp3) is 0.684. The van der Waals surface area contributed by atoms with E-state index < -0.39 is 6.10 Å². The van der Waals surface area contributed by atoms with Gasteiger partial charge in [0.1, 0.15) is 12.4 Å². The number of benzene rings is 1. The number of aliphatic hydroxyl groups excluding tert-OH is 1. The molecular formula is C19H30N2O2. The summed E-state index contributed by atoms with van der Waals surface area (Å²) in [6, 6.07) is 6.82. The van der Waals surface area contributed by atoms with E-state index in [4.69, 9.17) is 4.74 Å². The second-order valence-electron chi connectivity index (χ2n) is 7.07. The lowest BCUT2D eigenvalue weighted by Crippen LogP contribution is -2.34. The quantitative estimate of drug-likeness (QED) is 0.904. The van der Waals surface area contributed by atoms with Crippen molar-refractivity contribution in [2.75, 3.05) is 38.7 Å². The largest absolute Gasteiger partial charge is 0.490 e. The number of ether oxygens (including phenoxy) is 1. The predicted octanol–water partition coefficient (Wildman–Crippen LogP) is 3.20. The summed E-state index contributed by atoms with van der Waals surface area (Å²) in [5, 5.41) is 10.5. The number of hydrogen-bond acceptors (Lipinski definition) is 4. The maximum absolute atomic E-state index is 10.5. The van der Waals surface area contributed by atoms with Crippen LogP contribution in [-0.4, -0.2) is 49.8 Å². The number of hydrogen-bond donors (Lipinski definition) is 1. The number of aliphatic hydroxyl groups is 1. The maximum atomic E-state index is 10.5. The summed E-state index contributed by atoms with van der Waals surface area (Å²) in [5.74, 6) is 0.899. The summed E-state index contributed by atoms with van der Waals surface area (Å²) < 4.78 is 5.74. The maximum Gasteiger partial charge on any atom is 0.143 e. The highest BCUT2D eigenvalue weighted by molar-refractivity contribution is 5.60. The summed E-state index contributed by atoms with van der Waals surface area (Å²) in [5.41, 5.74) is 2.09. The first-order valence-corrected chi connectivity index (χ1v) is 9.01. The van der Waals surface area contributed by atoms with Crippen LogP contribution in [0.1, 0.15) is 50.2 Å². The standard InChI is InChI=1S/C19H30N2O2/c1-20(16-6-4-3-5-7-16)11-10-18(22)15-8-9-17-19(14-15)23-13-12-21(17)2/h8-9,14,16,18,22H,3-7,10-13H2,1-2H3. The van der Waals surface area contributed by atoms with Crippen LogP contribution in [0.15, 0.2) is 18.2 Å². The van der Waals surface area contributed by atoms with E-state index in [0.717, 1.165) is 36.5 Å². The minimum atomic E-state index is -0.415. The van der Waals surface area contributed by atoms with E-state index in [0.29, 0.717) is 12.6 Å². The lowest BCUT2D eigenvalue weighted by Gasteiger charge is -2.32. The summed E-state index contributed by atoms with van der Waals surface area (Å²) >= 11 is 0. The van der Waals surface area contributed by atoms with Gasteiger partial charge in [0.15, 0.2) is 0 Å². The zero-order valence-electron chi connectivity index (χ0n) is 14.5. The highest BCUT2D eigenvalue weighted by atomic mass is 16.5. The molecule has 1 aromatic carbocycles. The Morgan fingerprint density at radius 2 is 2.09 bits per heavy atom. The van der Waals surface area contributed by atoms with Crippen molar-refractivity contribution < 1.29 is 9.84 Å². The summed E-state index contributed by atoms with van der Waals surface area (Å²) in [6.07, 6.45) is 7.08. The van der Waals surface area contributed by atoms with Gasteiger partial charge in [0, 0.05) is 19.6 Å². The molecule has 4 heteroatoms. The molecule has 1 fully saturated rings. The number of anilines is 1. The van der Waals surface area contributed by atoms with Crippen LogP contribution >= 0.6 is 0 Å². The second-order valence-corrected chi connectivity index (χ2v) is 7.07. The molecule has 4 nitrogen and oxygen atoms in total. The molecule has 1 heterocycles. The van der Waals surface area contributed by atoms with Gasteiger partial charge in [-0.15, -0.1) is 0 Å². The van der Waals surface area contributed by atoms with Gasteiger partial charge in [-0.2, -0.15) is 0 Å². The van der Waals surface area contributed by atoms with Gasteiger partial charge in [-0.25, -0.2) is 0 Å². The van der Waals surface area contributed by atoms with Gasteiger partial charge < -0.3 is 19.6 Å². The number of likely N-dealkylation sites (N-methyl/N-ethyl adjacent to an activating group) is 1. The van der Waals surface area contributed by atoms with Gasteiger partial charge in [0.05, 0.1) is 18.3 Å². The summed E-state index contributed by atoms with van der Waals surface area (Å²) in [6.45, 7) is 2.58. The Hall–Kier alpha value is -1.26. The summed E-state index contributed by atoms with van der Waals surface area (Å²) in [7, 11) is 4.28. The van der Waals surface area contributed by atoms with Crippen molar-refractivity contribution in [3.8, 4) is 5.75 Å². The highest BCUT2D eigenvalue weighted by Crippen LogP contribution is 2.34. The number of rotatable bonds is 5. The molecule has 0 amide bonds. The summed E-state index contributed by atoms with van der Waals surface area (Å²) in [4.78, 5) is 4.64. The molecule has 1 aromatic rings. The first kappa shape index (κ1) is 16.6. The molecule has 1 saturated carbocycles. The lowest BCUT2D eigenvalue weighted by atomic mass is 9.94. The van der Waals surface area contributed by atoms with Crippen molar-refractivity contribution >= 4 is 5.69 Å². The molecule has 0 bridgehead atoms. The van der Waals surface area contributed by atoms with Gasteiger partial charge in [-0.3, -0.25) is 0 Å². The van der Waals surface area contributed by atoms with Gasteiger partial charge in [0.2, 0.25) is 0 Å². The molecule has 1 aliphatic carbocycles. The second kappa shape index (κ2) is 7.54. The molecule has 1 atom stereocenters. The molecule has 1 N–H and O–H groups in total. The predicted molar refractivity (Wildman–Crippen MR) is 94.3 cm³/mol. The van der Waals surface area contributed by atoms with Gasteiger partial charge in [-0.1, -0.05) is 25.3 Å². The van der Waals surface area contributed by atoms with Crippen LogP contribution in [0.3, 0.4) is 0 Å². The van der Waals surface area contributed by atoms with Crippen molar-refractivity contribution in [2.45, 2.75) is 50.7 Å². The van der Waals surface area contributed by atoms with E-state index in [1.165, 1.54) is 32.1 Å². The smallest absolute Gasteiger partial charge is 0.143 e. The van der Waals surface area contributed by atoms with Crippen LogP contribution in [-0.2, 0) is 0 Å². The van der Waals surface area contributed by atoms with Crippen molar-refractivity contribution in [1.29, 1.82) is 0 Å². The number of nitrogens with zero attached hydrogens (tertiary/aromatic N) is 2. The Kier molecular flexibility index (Phi) is 5.44. The Labute approximate surface area is 140 Å². The van der Waals surface area contributed by atoms with Gasteiger partial charge in [0.25, 0.3) is 0 Å². The Balaban J connectivity index is 1.56. The molecule has 3 rings (SSSR count). The van der Waals surface area contributed by atoms with Crippen molar-refractivity contribution in [1.82, 2.24) is 4.90 Å². The first-order valence-electron chi connectivity index (χ1n) is 9.01. The third kappa shape index (κ3) is 3.99. The third-order valence-corrected chi connectivity index (χ3v) is 5.42. The first-order chi connectivity index (χ1) is 11.1. The average molecular weight is 318 g/mol. The highest BCUT2D eigenvalue weighted by Gasteiger charge is 2.20. The SMILES string of the molecule is CN1CCOc2cc(C(O)CCN(C)C3CCCCC3)ccc21. The molecule has 0 aromatic heterocycles. The average Bonchev–Trinajstić information content (AvgIpc) is 2.60. The van der Waals surface area contributed by atoms with E-state index >= 15 is 0 Å². The molecule has 128 valence electrons. The molecule has 0 spiro atoms. The van der Waals surface area contributed by atoms with Crippen molar-refractivity contribution in [2.24, 2.45) is 0 Å². The van der Waals surface area contributed by atoms with Crippen molar-refractivity contribution in [3.05, 3.63) is 23.8 Å². The van der Waals surface area contributed by atoms with Crippen LogP contribution in [0, 0.1) is 0 Å². The van der Waals surface area contributed by atoms with E-state index in [-0.39, 0.29) is 0 Å². The molecule has 1 aliphatic heterocycles. The van der Waals surface area contributed by atoms with Crippen LogP contribution in [0.5, 0.6) is 5.75 Å². The lowest BCUT2D eigenvalue weighted by molar-refractivity contribution is 0.125. The Morgan fingerprint density at radius 1 is 1.30 bits per heavy atom.